The zero-order valence-corrected chi connectivity index (χ0v) is 15.9. The maximum absolute atomic E-state index is 12.2. The van der Waals surface area contributed by atoms with Crippen LogP contribution < -0.4 is 0 Å². The molecule has 1 unspecified atom stereocenters. The lowest BCUT2D eigenvalue weighted by Gasteiger charge is -2.28. The minimum Gasteiger partial charge on any atom is -0.341 e. The highest BCUT2D eigenvalue weighted by Crippen LogP contribution is 2.11. The average Bonchev–Trinajstić information content (AvgIpc) is 2.50. The Balaban J connectivity index is 3.65. The molecule has 0 aliphatic carbocycles. The Hall–Kier alpha value is -0.570. The first kappa shape index (κ1) is 21.4. The fraction of sp³-hybridized carbons (Fsp3) is 0.947. The first-order valence-electron chi connectivity index (χ1n) is 9.47. The van der Waals surface area contributed by atoms with Gasteiger partial charge in [-0.1, -0.05) is 58.3 Å². The van der Waals surface area contributed by atoms with E-state index in [9.17, 15) is 4.79 Å². The number of nitrogens with zero attached hydrogens (tertiary/aromatic N) is 2. The topological polar surface area (TPSA) is 23.6 Å². The lowest BCUT2D eigenvalue weighted by molar-refractivity contribution is -0.131. The molecule has 0 aromatic rings. The second-order valence-electron chi connectivity index (χ2n) is 6.82. The fourth-order valence-electron chi connectivity index (χ4n) is 2.63. The Labute approximate surface area is 139 Å². The van der Waals surface area contributed by atoms with Crippen LogP contribution in [0.15, 0.2) is 0 Å². The van der Waals surface area contributed by atoms with Gasteiger partial charge < -0.3 is 9.80 Å². The largest absolute Gasteiger partial charge is 0.341 e. The van der Waals surface area contributed by atoms with Crippen molar-refractivity contribution in [1.82, 2.24) is 9.80 Å². The van der Waals surface area contributed by atoms with Gasteiger partial charge in [0.2, 0.25) is 5.91 Å². The molecule has 0 rings (SSSR count). The van der Waals surface area contributed by atoms with Gasteiger partial charge in [0.05, 0.1) is 0 Å². The monoisotopic (exact) mass is 312 g/mol. The van der Waals surface area contributed by atoms with Crippen LogP contribution in [0.1, 0.15) is 85.0 Å². The minimum atomic E-state index is 0.333. The van der Waals surface area contributed by atoms with Crippen molar-refractivity contribution < 1.29 is 4.79 Å². The Morgan fingerprint density at radius 3 is 1.82 bits per heavy atom. The highest BCUT2D eigenvalue weighted by molar-refractivity contribution is 5.76. The van der Waals surface area contributed by atoms with E-state index in [1.807, 2.05) is 4.90 Å². The van der Waals surface area contributed by atoms with E-state index >= 15 is 0 Å². The van der Waals surface area contributed by atoms with Crippen molar-refractivity contribution >= 4 is 5.91 Å². The van der Waals surface area contributed by atoms with E-state index in [2.05, 4.69) is 39.8 Å². The number of rotatable bonds is 14. The molecule has 1 amide bonds. The molecule has 0 bridgehead atoms. The molecule has 0 radical (unpaired) electrons. The number of carbonyl (C=O) groups excluding carboxylic acids is 1. The lowest BCUT2D eigenvalue weighted by Crippen LogP contribution is -2.41. The zero-order valence-electron chi connectivity index (χ0n) is 15.9. The fourth-order valence-corrected chi connectivity index (χ4v) is 2.63. The Morgan fingerprint density at radius 2 is 1.36 bits per heavy atom. The van der Waals surface area contributed by atoms with Crippen LogP contribution in [0.3, 0.4) is 0 Å². The molecule has 0 aliphatic rings. The third kappa shape index (κ3) is 11.1. The summed E-state index contributed by atoms with van der Waals surface area (Å²) in [4.78, 5) is 16.4. The summed E-state index contributed by atoms with van der Waals surface area (Å²) < 4.78 is 0. The Kier molecular flexibility index (Phi) is 13.7. The predicted molar refractivity (Wildman–Crippen MR) is 97.2 cm³/mol. The van der Waals surface area contributed by atoms with Crippen molar-refractivity contribution in [3.8, 4) is 0 Å². The summed E-state index contributed by atoms with van der Waals surface area (Å²) in [6.45, 7) is 8.19. The number of carbonyl (C=O) groups is 1. The van der Waals surface area contributed by atoms with E-state index in [1.54, 1.807) is 0 Å². The van der Waals surface area contributed by atoms with Gasteiger partial charge in [-0.05, 0) is 34.4 Å². The summed E-state index contributed by atoms with van der Waals surface area (Å²) in [5.41, 5.74) is 0. The molecule has 0 aromatic carbocycles. The van der Waals surface area contributed by atoms with Crippen molar-refractivity contribution in [2.75, 3.05) is 27.2 Å². The molecule has 0 aromatic heterocycles. The normalized spacial score (nSPS) is 12.6. The van der Waals surface area contributed by atoms with E-state index in [-0.39, 0.29) is 0 Å². The molecule has 0 heterocycles. The number of amides is 1. The van der Waals surface area contributed by atoms with Crippen LogP contribution in [-0.2, 0) is 4.79 Å². The van der Waals surface area contributed by atoms with E-state index in [0.717, 1.165) is 25.9 Å². The highest BCUT2D eigenvalue weighted by atomic mass is 16.2. The number of unbranched alkanes of at least 4 members (excludes halogenated alkanes) is 8. The molecule has 132 valence electrons. The third-order valence-corrected chi connectivity index (χ3v) is 4.59. The summed E-state index contributed by atoms with van der Waals surface area (Å²) in [6.07, 6.45) is 12.5. The quantitative estimate of drug-likeness (QED) is 0.434. The lowest BCUT2D eigenvalue weighted by atomic mass is 10.1. The van der Waals surface area contributed by atoms with Crippen molar-refractivity contribution in [3.05, 3.63) is 0 Å². The van der Waals surface area contributed by atoms with Gasteiger partial charge in [-0.15, -0.1) is 0 Å². The van der Waals surface area contributed by atoms with Crippen LogP contribution in [0, 0.1) is 0 Å². The smallest absolute Gasteiger partial charge is 0.222 e. The van der Waals surface area contributed by atoms with Crippen LogP contribution in [0.2, 0.25) is 0 Å². The van der Waals surface area contributed by atoms with Gasteiger partial charge in [0.1, 0.15) is 0 Å². The van der Waals surface area contributed by atoms with E-state index in [0.29, 0.717) is 11.9 Å². The number of likely N-dealkylation sites (N-methyl/N-ethyl adjacent to an activating group) is 2. The third-order valence-electron chi connectivity index (χ3n) is 4.59. The summed E-state index contributed by atoms with van der Waals surface area (Å²) in [6, 6.07) is 0.423. The Morgan fingerprint density at radius 1 is 0.864 bits per heavy atom. The van der Waals surface area contributed by atoms with Crippen molar-refractivity contribution in [2.24, 2.45) is 0 Å². The molecule has 0 saturated heterocycles. The molecule has 0 fully saturated rings. The van der Waals surface area contributed by atoms with Crippen LogP contribution in [0.5, 0.6) is 0 Å². The second-order valence-corrected chi connectivity index (χ2v) is 6.82. The van der Waals surface area contributed by atoms with Gasteiger partial charge in [-0.2, -0.15) is 0 Å². The van der Waals surface area contributed by atoms with E-state index in [4.69, 9.17) is 0 Å². The molecular weight excluding hydrogens is 272 g/mol. The average molecular weight is 313 g/mol. The summed E-state index contributed by atoms with van der Waals surface area (Å²) in [7, 11) is 4.15. The standard InChI is InChI=1S/C19H40N2O/c1-6-8-9-10-11-12-13-14-15-16-19(22)21(7-2)17-18(3)20(4)5/h18H,6-17H2,1-5H3. The van der Waals surface area contributed by atoms with Gasteiger partial charge in [-0.25, -0.2) is 0 Å². The number of hydrogen-bond donors (Lipinski definition) is 0. The van der Waals surface area contributed by atoms with Crippen LogP contribution >= 0.6 is 0 Å². The molecule has 3 nitrogen and oxygen atoms in total. The van der Waals surface area contributed by atoms with Crippen molar-refractivity contribution in [2.45, 2.75) is 91.0 Å². The van der Waals surface area contributed by atoms with Gasteiger partial charge >= 0.3 is 0 Å². The molecule has 0 aliphatic heterocycles. The second kappa shape index (κ2) is 14.0. The SMILES string of the molecule is CCCCCCCCCCCC(=O)N(CC)CC(C)N(C)C. The van der Waals surface area contributed by atoms with Crippen LogP contribution in [-0.4, -0.2) is 48.9 Å². The molecule has 0 N–H and O–H groups in total. The summed E-state index contributed by atoms with van der Waals surface area (Å²) >= 11 is 0. The minimum absolute atomic E-state index is 0.333. The van der Waals surface area contributed by atoms with Gasteiger partial charge in [0.25, 0.3) is 0 Å². The molecule has 0 saturated carbocycles. The zero-order chi connectivity index (χ0) is 16.8. The van der Waals surface area contributed by atoms with Gasteiger partial charge in [0, 0.05) is 25.6 Å². The van der Waals surface area contributed by atoms with Crippen LogP contribution in [0.25, 0.3) is 0 Å². The summed E-state index contributed by atoms with van der Waals surface area (Å²) in [5, 5.41) is 0. The molecular formula is C19H40N2O. The van der Waals surface area contributed by atoms with Gasteiger partial charge in [0.15, 0.2) is 0 Å². The predicted octanol–water partition coefficient (Wildman–Crippen LogP) is 4.71. The van der Waals surface area contributed by atoms with Crippen LogP contribution in [0.4, 0.5) is 0 Å². The number of hydrogen-bond acceptors (Lipinski definition) is 2. The molecule has 0 spiro atoms. The highest BCUT2D eigenvalue weighted by Gasteiger charge is 2.15. The van der Waals surface area contributed by atoms with E-state index < -0.39 is 0 Å². The summed E-state index contributed by atoms with van der Waals surface area (Å²) in [5.74, 6) is 0.333. The Bertz CT molecular complexity index is 266. The van der Waals surface area contributed by atoms with Crippen molar-refractivity contribution in [1.29, 1.82) is 0 Å². The van der Waals surface area contributed by atoms with Gasteiger partial charge in [-0.3, -0.25) is 4.79 Å². The van der Waals surface area contributed by atoms with Crippen molar-refractivity contribution in [3.63, 3.8) is 0 Å². The first-order chi connectivity index (χ1) is 10.5. The molecule has 3 heteroatoms. The maximum atomic E-state index is 12.2. The maximum Gasteiger partial charge on any atom is 0.222 e. The van der Waals surface area contributed by atoms with E-state index in [1.165, 1.54) is 51.4 Å². The molecule has 22 heavy (non-hydrogen) atoms. The molecule has 1 atom stereocenters. The first-order valence-corrected chi connectivity index (χ1v) is 9.47.